The van der Waals surface area contributed by atoms with Crippen LogP contribution in [0.3, 0.4) is 0 Å². The van der Waals surface area contributed by atoms with Crippen LogP contribution in [0.2, 0.25) is 0 Å². The molecule has 0 aromatic heterocycles. The van der Waals surface area contributed by atoms with Crippen LogP contribution in [-0.2, 0) is 41.6 Å². The maximum absolute atomic E-state index is 14.0. The van der Waals surface area contributed by atoms with Gasteiger partial charge in [0.15, 0.2) is 11.9 Å². The molecule has 2 aromatic rings. The van der Waals surface area contributed by atoms with Gasteiger partial charge in [0.1, 0.15) is 29.9 Å². The molecular formula is C39H61N13O7. The lowest BCUT2D eigenvalue weighted by atomic mass is 10.00. The van der Waals surface area contributed by atoms with Gasteiger partial charge in [0.05, 0.1) is 12.6 Å². The summed E-state index contributed by atoms with van der Waals surface area (Å²) in [7, 11) is 1.41. The first-order valence-electron chi connectivity index (χ1n) is 19.3. The van der Waals surface area contributed by atoms with E-state index in [9.17, 15) is 33.9 Å². The van der Waals surface area contributed by atoms with E-state index >= 15 is 0 Å². The van der Waals surface area contributed by atoms with E-state index in [0.717, 1.165) is 4.90 Å². The number of phenols is 1. The number of likely N-dealkylation sites (N-methyl/N-ethyl adjacent to an activating group) is 1. The molecule has 59 heavy (non-hydrogen) atoms. The van der Waals surface area contributed by atoms with Crippen LogP contribution in [0.25, 0.3) is 0 Å². The molecule has 0 fully saturated rings. The van der Waals surface area contributed by atoms with Gasteiger partial charge in [-0.1, -0.05) is 56.3 Å². The first-order valence-corrected chi connectivity index (χ1v) is 19.3. The van der Waals surface area contributed by atoms with Crippen molar-refractivity contribution in [2.45, 2.75) is 89.0 Å². The number of benzene rings is 2. The fraction of sp³-hybridized carbons (Fsp3) is 0.487. The number of phenolic OH excluding ortho intramolecular Hbond substituents is 1. The molecule has 6 amide bonds. The Labute approximate surface area is 344 Å². The van der Waals surface area contributed by atoms with E-state index < -0.39 is 72.2 Å². The summed E-state index contributed by atoms with van der Waals surface area (Å²) in [5.41, 5.74) is 23.8. The van der Waals surface area contributed by atoms with Crippen molar-refractivity contribution in [1.82, 2.24) is 36.8 Å². The van der Waals surface area contributed by atoms with E-state index in [2.05, 4.69) is 31.9 Å². The fourth-order valence-electron chi connectivity index (χ4n) is 5.98. The highest BCUT2D eigenvalue weighted by Gasteiger charge is 2.32. The second kappa shape index (κ2) is 25.0. The van der Waals surface area contributed by atoms with E-state index in [1.54, 1.807) is 42.5 Å². The zero-order valence-corrected chi connectivity index (χ0v) is 33.9. The van der Waals surface area contributed by atoms with Crippen molar-refractivity contribution in [3.05, 3.63) is 65.7 Å². The van der Waals surface area contributed by atoms with Gasteiger partial charge in [-0.15, -0.1) is 0 Å². The van der Waals surface area contributed by atoms with E-state index in [1.807, 2.05) is 13.8 Å². The number of nitrogens with zero attached hydrogens (tertiary/aromatic N) is 1. The van der Waals surface area contributed by atoms with Crippen molar-refractivity contribution in [1.29, 1.82) is 10.8 Å². The lowest BCUT2D eigenvalue weighted by molar-refractivity contribution is -0.137. The van der Waals surface area contributed by atoms with Crippen molar-refractivity contribution in [2.24, 2.45) is 28.9 Å². The summed E-state index contributed by atoms with van der Waals surface area (Å²) < 4.78 is 0. The average molecular weight is 824 g/mol. The Kier molecular flexibility index (Phi) is 20.7. The predicted molar refractivity (Wildman–Crippen MR) is 222 cm³/mol. The second-order valence-corrected chi connectivity index (χ2v) is 14.7. The number of aromatic hydroxyl groups is 1. The minimum Gasteiger partial charge on any atom is -0.508 e. The molecule has 2 rings (SSSR count). The van der Waals surface area contributed by atoms with Crippen LogP contribution in [-0.4, -0.2) is 114 Å². The maximum Gasteiger partial charge on any atom is 0.243 e. The average Bonchev–Trinajstić information content (AvgIpc) is 3.16. The van der Waals surface area contributed by atoms with Gasteiger partial charge in [0.25, 0.3) is 0 Å². The van der Waals surface area contributed by atoms with Crippen LogP contribution in [0.1, 0.15) is 57.1 Å². The molecule has 0 radical (unpaired) electrons. The van der Waals surface area contributed by atoms with Crippen molar-refractivity contribution in [2.75, 3.05) is 26.7 Å². The minimum atomic E-state index is -1.20. The molecule has 2 aromatic carbocycles. The second-order valence-electron chi connectivity index (χ2n) is 14.7. The van der Waals surface area contributed by atoms with Gasteiger partial charge in [-0.25, -0.2) is 0 Å². The van der Waals surface area contributed by atoms with Crippen LogP contribution < -0.4 is 54.8 Å². The Balaban J connectivity index is 2.25. The molecule has 0 spiro atoms. The summed E-state index contributed by atoms with van der Waals surface area (Å²) in [5, 5.41) is 40.2. The molecule has 20 heteroatoms. The highest BCUT2D eigenvalue weighted by molar-refractivity contribution is 5.96. The highest BCUT2D eigenvalue weighted by atomic mass is 16.3. The summed E-state index contributed by atoms with van der Waals surface area (Å²) in [5.74, 6) is -4.69. The molecule has 20 nitrogen and oxygen atoms in total. The Hall–Kier alpha value is -6.44. The normalized spacial score (nSPS) is 13.4. The summed E-state index contributed by atoms with van der Waals surface area (Å²) in [6.07, 6.45) is 1.11. The summed E-state index contributed by atoms with van der Waals surface area (Å²) >= 11 is 0. The summed E-state index contributed by atoms with van der Waals surface area (Å²) in [4.78, 5) is 81.3. The molecule has 0 heterocycles. The molecule has 324 valence electrons. The maximum atomic E-state index is 14.0. The number of rotatable bonds is 25. The molecule has 0 aliphatic carbocycles. The Morgan fingerprint density at radius 1 is 0.678 bits per heavy atom. The number of hydrogen-bond acceptors (Lipinski definition) is 10. The third-order valence-electron chi connectivity index (χ3n) is 9.00. The highest BCUT2D eigenvalue weighted by Crippen LogP contribution is 2.13. The van der Waals surface area contributed by atoms with E-state index in [-0.39, 0.29) is 75.2 Å². The standard InChI is InChI=1S/C39H61N13O7/c1-23(2)19-30(35(57)50-29(12-8-18-47-39(44)45)34(56)49-28(33(41)55)11-7-17-46-38(42)43)51-36(58)31(21-24-9-5-4-6-10-24)48-32(54)22-52(3)37(59)27(40)20-25-13-15-26(53)16-14-25/h4-6,9-10,13-16,23,27-31,53H,7-8,11-12,17-22,40H2,1-3H3,(H2,41,55)(H,48,54)(H,49,56)(H,50,57)(H,51,58)(H4,42,43,46)(H4,44,45,47)/t27-,28+,29-,30-,31-/m0/s1. The Bertz CT molecular complexity index is 1730. The number of hydrogen-bond donors (Lipinski definition) is 13. The molecule has 5 atom stereocenters. The Morgan fingerprint density at radius 2 is 1.17 bits per heavy atom. The molecule has 0 unspecified atom stereocenters. The van der Waals surface area contributed by atoms with E-state index in [1.165, 1.54) is 19.2 Å². The zero-order chi connectivity index (χ0) is 44.1. The van der Waals surface area contributed by atoms with Gasteiger partial charge in [-0.3, -0.25) is 39.6 Å². The number of nitrogens with one attached hydrogen (secondary N) is 8. The Morgan fingerprint density at radius 3 is 1.71 bits per heavy atom. The van der Waals surface area contributed by atoms with Gasteiger partial charge < -0.3 is 64.8 Å². The smallest absolute Gasteiger partial charge is 0.243 e. The zero-order valence-electron chi connectivity index (χ0n) is 33.9. The van der Waals surface area contributed by atoms with Crippen LogP contribution in [0.5, 0.6) is 5.75 Å². The fourth-order valence-corrected chi connectivity index (χ4v) is 5.98. The number of carbonyl (C=O) groups is 6. The first kappa shape index (κ1) is 48.7. The van der Waals surface area contributed by atoms with Gasteiger partial charge in [-0.2, -0.15) is 0 Å². The topological polar surface area (TPSA) is 350 Å². The number of guanidine groups is 2. The monoisotopic (exact) mass is 823 g/mol. The van der Waals surface area contributed by atoms with E-state index in [0.29, 0.717) is 17.5 Å². The summed E-state index contributed by atoms with van der Waals surface area (Å²) in [6.45, 7) is 3.70. The number of carbonyl (C=O) groups excluding carboxylic acids is 6. The van der Waals surface area contributed by atoms with Crippen LogP contribution in [0.15, 0.2) is 54.6 Å². The van der Waals surface area contributed by atoms with Crippen molar-refractivity contribution in [3.8, 4) is 5.75 Å². The first-order chi connectivity index (χ1) is 27.9. The SMILES string of the molecule is CC(C)C[C@H](NC(=O)[C@H](Cc1ccccc1)NC(=O)CN(C)C(=O)[C@@H](N)Cc1ccc(O)cc1)C(=O)N[C@@H](CCCNC(=N)N)C(=O)N[C@H](CCCNC(=N)N)C(N)=O. The van der Waals surface area contributed by atoms with Crippen LogP contribution in [0.4, 0.5) is 0 Å². The van der Waals surface area contributed by atoms with Crippen LogP contribution >= 0.6 is 0 Å². The molecule has 0 saturated heterocycles. The predicted octanol–water partition coefficient (Wildman–Crippen LogP) is -2.04. The minimum absolute atomic E-state index is 0.0388. The molecule has 17 N–H and O–H groups in total. The molecule has 0 saturated carbocycles. The van der Waals surface area contributed by atoms with Crippen molar-refractivity contribution >= 4 is 47.4 Å². The summed E-state index contributed by atoms with van der Waals surface area (Å²) in [6, 6.07) is 9.45. The number of primary amides is 1. The third-order valence-corrected chi connectivity index (χ3v) is 9.00. The lowest BCUT2D eigenvalue weighted by Crippen LogP contribution is -2.59. The quantitative estimate of drug-likeness (QED) is 0.0293. The van der Waals surface area contributed by atoms with Gasteiger partial charge >= 0.3 is 0 Å². The van der Waals surface area contributed by atoms with E-state index in [4.69, 9.17) is 33.8 Å². The lowest BCUT2D eigenvalue weighted by Gasteiger charge is -2.27. The molecule has 0 aliphatic rings. The van der Waals surface area contributed by atoms with Crippen molar-refractivity contribution < 1.29 is 33.9 Å². The largest absolute Gasteiger partial charge is 0.508 e. The van der Waals surface area contributed by atoms with Crippen molar-refractivity contribution in [3.63, 3.8) is 0 Å². The number of amides is 6. The van der Waals surface area contributed by atoms with Gasteiger partial charge in [0.2, 0.25) is 35.4 Å². The molecule has 0 aliphatic heterocycles. The molecular weight excluding hydrogens is 763 g/mol. The number of nitrogens with two attached hydrogens (primary N) is 4. The van der Waals surface area contributed by atoms with Gasteiger partial charge in [-0.05, 0) is 67.7 Å². The third kappa shape index (κ3) is 19.0. The van der Waals surface area contributed by atoms with Crippen LogP contribution in [0, 0.1) is 16.7 Å². The van der Waals surface area contributed by atoms with Gasteiger partial charge in [0, 0.05) is 26.6 Å². The molecule has 0 bridgehead atoms.